The van der Waals surface area contributed by atoms with E-state index < -0.39 is 4.92 Å². The standard InChI is InChI=1S/C19H12ClNO4/c20-15-6-4-13(5-7-15)18(22)10-8-17-9-11-19(25-17)14-2-1-3-16(12-14)21(23)24/h1-12H/b10-8+. The molecule has 2 aromatic carbocycles. The normalized spacial score (nSPS) is 10.9. The Kier molecular flexibility index (Phi) is 4.77. The third-order valence-electron chi connectivity index (χ3n) is 3.50. The molecular formula is C19H12ClNO4. The maximum Gasteiger partial charge on any atom is 0.270 e. The number of nitro groups is 1. The minimum atomic E-state index is -0.460. The van der Waals surface area contributed by atoms with E-state index in [4.69, 9.17) is 16.0 Å². The number of allylic oxidation sites excluding steroid dienone is 1. The van der Waals surface area contributed by atoms with Crippen LogP contribution in [0, 0.1) is 10.1 Å². The minimum Gasteiger partial charge on any atom is -0.457 e. The highest BCUT2D eigenvalue weighted by Crippen LogP contribution is 2.26. The van der Waals surface area contributed by atoms with Crippen molar-refractivity contribution in [1.29, 1.82) is 0 Å². The highest BCUT2D eigenvalue weighted by Gasteiger charge is 2.10. The van der Waals surface area contributed by atoms with Gasteiger partial charge in [0, 0.05) is 28.3 Å². The molecule has 124 valence electrons. The Morgan fingerprint density at radius 3 is 2.56 bits per heavy atom. The van der Waals surface area contributed by atoms with Crippen LogP contribution in [0.4, 0.5) is 5.69 Å². The second-order valence-electron chi connectivity index (χ2n) is 5.21. The Morgan fingerprint density at radius 1 is 1.08 bits per heavy atom. The number of hydrogen-bond acceptors (Lipinski definition) is 4. The number of non-ortho nitro benzene ring substituents is 1. The van der Waals surface area contributed by atoms with E-state index in [0.29, 0.717) is 27.7 Å². The quantitative estimate of drug-likeness (QED) is 0.266. The summed E-state index contributed by atoms with van der Waals surface area (Å²) in [6.07, 6.45) is 2.96. The molecule has 0 aliphatic rings. The Balaban J connectivity index is 1.77. The fraction of sp³-hybridized carbons (Fsp3) is 0. The third-order valence-corrected chi connectivity index (χ3v) is 3.75. The van der Waals surface area contributed by atoms with Crippen LogP contribution in [0.15, 0.2) is 71.2 Å². The van der Waals surface area contributed by atoms with E-state index in [2.05, 4.69) is 0 Å². The molecule has 0 amide bonds. The van der Waals surface area contributed by atoms with Crippen molar-refractivity contribution >= 4 is 29.1 Å². The van der Waals surface area contributed by atoms with Gasteiger partial charge in [0.05, 0.1) is 4.92 Å². The molecule has 1 heterocycles. The molecule has 0 spiro atoms. The van der Waals surface area contributed by atoms with Gasteiger partial charge in [-0.3, -0.25) is 14.9 Å². The van der Waals surface area contributed by atoms with E-state index in [1.807, 2.05) is 0 Å². The van der Waals surface area contributed by atoms with Crippen LogP contribution >= 0.6 is 11.6 Å². The first kappa shape index (κ1) is 16.7. The summed E-state index contributed by atoms with van der Waals surface area (Å²) in [6.45, 7) is 0. The Labute approximate surface area is 148 Å². The number of nitrogens with zero attached hydrogens (tertiary/aromatic N) is 1. The number of halogens is 1. The van der Waals surface area contributed by atoms with Crippen LogP contribution < -0.4 is 0 Å². The zero-order valence-corrected chi connectivity index (χ0v) is 13.6. The Hall–Kier alpha value is -3.18. The highest BCUT2D eigenvalue weighted by molar-refractivity contribution is 6.30. The molecule has 0 bridgehead atoms. The fourth-order valence-corrected chi connectivity index (χ4v) is 2.36. The van der Waals surface area contributed by atoms with Crippen LogP contribution in [0.1, 0.15) is 16.1 Å². The molecule has 25 heavy (non-hydrogen) atoms. The SMILES string of the molecule is O=C(/C=C/c1ccc(-c2cccc([N+](=O)[O-])c2)o1)c1ccc(Cl)cc1. The van der Waals surface area contributed by atoms with Crippen molar-refractivity contribution in [3.63, 3.8) is 0 Å². The lowest BCUT2D eigenvalue weighted by Crippen LogP contribution is -1.92. The molecule has 0 aliphatic carbocycles. The Morgan fingerprint density at radius 2 is 1.84 bits per heavy atom. The van der Waals surface area contributed by atoms with Crippen molar-refractivity contribution in [3.8, 4) is 11.3 Å². The molecule has 0 aliphatic heterocycles. The number of nitro benzene ring substituents is 1. The molecule has 3 rings (SSSR count). The molecule has 0 N–H and O–H groups in total. The van der Waals surface area contributed by atoms with Crippen LogP contribution in [-0.2, 0) is 0 Å². The molecule has 0 unspecified atom stereocenters. The second-order valence-corrected chi connectivity index (χ2v) is 5.65. The summed E-state index contributed by atoms with van der Waals surface area (Å²) < 4.78 is 5.63. The summed E-state index contributed by atoms with van der Waals surface area (Å²) in [5.41, 5.74) is 1.10. The van der Waals surface area contributed by atoms with Crippen molar-refractivity contribution in [2.75, 3.05) is 0 Å². The summed E-state index contributed by atoms with van der Waals surface area (Å²) in [5, 5.41) is 11.4. The van der Waals surface area contributed by atoms with Crippen LogP contribution in [0.2, 0.25) is 5.02 Å². The summed E-state index contributed by atoms with van der Waals surface area (Å²) in [7, 11) is 0. The van der Waals surface area contributed by atoms with Crippen LogP contribution in [0.3, 0.4) is 0 Å². The summed E-state index contributed by atoms with van der Waals surface area (Å²) in [4.78, 5) is 22.5. The number of carbonyl (C=O) groups is 1. The first-order valence-corrected chi connectivity index (χ1v) is 7.73. The van der Waals surface area contributed by atoms with Crippen LogP contribution in [0.5, 0.6) is 0 Å². The lowest BCUT2D eigenvalue weighted by Gasteiger charge is -1.97. The first-order chi connectivity index (χ1) is 12.0. The van der Waals surface area contributed by atoms with E-state index >= 15 is 0 Å². The van der Waals surface area contributed by atoms with E-state index in [9.17, 15) is 14.9 Å². The monoisotopic (exact) mass is 353 g/mol. The predicted molar refractivity (Wildman–Crippen MR) is 95.6 cm³/mol. The maximum absolute atomic E-state index is 12.1. The number of ketones is 1. The molecule has 0 fully saturated rings. The fourth-order valence-electron chi connectivity index (χ4n) is 2.24. The minimum absolute atomic E-state index is 0.0103. The highest BCUT2D eigenvalue weighted by atomic mass is 35.5. The maximum atomic E-state index is 12.1. The number of benzene rings is 2. The van der Waals surface area contributed by atoms with Gasteiger partial charge in [-0.15, -0.1) is 0 Å². The first-order valence-electron chi connectivity index (χ1n) is 7.35. The molecule has 6 heteroatoms. The van der Waals surface area contributed by atoms with Crippen molar-refractivity contribution in [1.82, 2.24) is 0 Å². The van der Waals surface area contributed by atoms with E-state index in [1.165, 1.54) is 18.2 Å². The average Bonchev–Trinajstić information content (AvgIpc) is 3.09. The van der Waals surface area contributed by atoms with Gasteiger partial charge in [-0.2, -0.15) is 0 Å². The van der Waals surface area contributed by atoms with Gasteiger partial charge in [0.1, 0.15) is 11.5 Å². The Bertz CT molecular complexity index is 958. The van der Waals surface area contributed by atoms with Crippen molar-refractivity contribution in [3.05, 3.63) is 93.2 Å². The molecule has 0 saturated carbocycles. The lowest BCUT2D eigenvalue weighted by molar-refractivity contribution is -0.384. The van der Waals surface area contributed by atoms with Crippen LogP contribution in [-0.4, -0.2) is 10.7 Å². The van der Waals surface area contributed by atoms with Gasteiger partial charge >= 0.3 is 0 Å². The topological polar surface area (TPSA) is 73.3 Å². The summed E-state index contributed by atoms with van der Waals surface area (Å²) in [6, 6.07) is 16.1. The third kappa shape index (κ3) is 4.02. The van der Waals surface area contributed by atoms with Gasteiger partial charge in [-0.1, -0.05) is 23.7 Å². The van der Waals surface area contributed by atoms with Crippen molar-refractivity contribution in [2.24, 2.45) is 0 Å². The molecule has 0 atom stereocenters. The van der Waals surface area contributed by atoms with Gasteiger partial charge in [-0.05, 0) is 48.6 Å². The zero-order chi connectivity index (χ0) is 17.8. The molecule has 0 saturated heterocycles. The van der Waals surface area contributed by atoms with Crippen molar-refractivity contribution in [2.45, 2.75) is 0 Å². The number of rotatable bonds is 5. The summed E-state index contributed by atoms with van der Waals surface area (Å²) >= 11 is 5.79. The molecule has 1 aromatic heterocycles. The van der Waals surface area contributed by atoms with Gasteiger partial charge in [0.25, 0.3) is 5.69 Å². The van der Waals surface area contributed by atoms with Crippen LogP contribution in [0.25, 0.3) is 17.4 Å². The van der Waals surface area contributed by atoms with E-state index in [-0.39, 0.29) is 11.5 Å². The molecule has 3 aromatic rings. The number of furan rings is 1. The zero-order valence-electron chi connectivity index (χ0n) is 12.9. The second kappa shape index (κ2) is 7.15. The van der Waals surface area contributed by atoms with E-state index in [1.54, 1.807) is 54.6 Å². The largest absolute Gasteiger partial charge is 0.457 e. The van der Waals surface area contributed by atoms with Gasteiger partial charge in [0.15, 0.2) is 5.78 Å². The average molecular weight is 354 g/mol. The van der Waals surface area contributed by atoms with Crippen molar-refractivity contribution < 1.29 is 14.1 Å². The molecule has 5 nitrogen and oxygen atoms in total. The molecular weight excluding hydrogens is 342 g/mol. The lowest BCUT2D eigenvalue weighted by atomic mass is 10.1. The summed E-state index contributed by atoms with van der Waals surface area (Å²) in [5.74, 6) is 0.788. The molecule has 0 radical (unpaired) electrons. The van der Waals surface area contributed by atoms with Gasteiger partial charge in [-0.25, -0.2) is 0 Å². The van der Waals surface area contributed by atoms with Gasteiger partial charge in [0.2, 0.25) is 0 Å². The van der Waals surface area contributed by atoms with E-state index in [0.717, 1.165) is 0 Å². The number of carbonyl (C=O) groups excluding carboxylic acids is 1. The number of hydrogen-bond donors (Lipinski definition) is 0. The van der Waals surface area contributed by atoms with Gasteiger partial charge < -0.3 is 4.42 Å². The smallest absolute Gasteiger partial charge is 0.270 e. The predicted octanol–water partition coefficient (Wildman–Crippen LogP) is 5.40.